The number of methoxy groups -OCH3 is 1. The van der Waals surface area contributed by atoms with Crippen LogP contribution in [0.2, 0.25) is 0 Å². The van der Waals surface area contributed by atoms with Crippen LogP contribution in [0, 0.1) is 5.82 Å². The average Bonchev–Trinajstić information content (AvgIpc) is 3.44. The van der Waals surface area contributed by atoms with E-state index < -0.39 is 5.82 Å². The minimum absolute atomic E-state index is 0.167. The first kappa shape index (κ1) is 16.5. The van der Waals surface area contributed by atoms with Crippen LogP contribution < -0.4 is 4.74 Å². The number of ether oxygens (including phenoxy) is 1. The molecular formula is C18H11FN6O2S. The van der Waals surface area contributed by atoms with Crippen molar-refractivity contribution in [3.63, 3.8) is 0 Å². The van der Waals surface area contributed by atoms with E-state index in [-0.39, 0.29) is 5.75 Å². The fourth-order valence-corrected chi connectivity index (χ4v) is 3.52. The van der Waals surface area contributed by atoms with Gasteiger partial charge in [-0.1, -0.05) is 16.5 Å². The van der Waals surface area contributed by atoms with Gasteiger partial charge in [0.05, 0.1) is 7.11 Å². The monoisotopic (exact) mass is 394 g/mol. The van der Waals surface area contributed by atoms with Gasteiger partial charge in [-0.25, -0.2) is 4.39 Å². The Hall–Kier alpha value is -3.66. The molecule has 5 aromatic rings. The van der Waals surface area contributed by atoms with Crippen molar-refractivity contribution in [1.82, 2.24) is 30.0 Å². The number of pyridine rings is 1. The van der Waals surface area contributed by atoms with Crippen molar-refractivity contribution in [3.8, 4) is 39.2 Å². The highest BCUT2D eigenvalue weighted by Crippen LogP contribution is 2.31. The zero-order chi connectivity index (χ0) is 19.1. The summed E-state index contributed by atoms with van der Waals surface area (Å²) < 4.78 is 25.9. The lowest BCUT2D eigenvalue weighted by atomic mass is 10.1. The van der Waals surface area contributed by atoms with E-state index in [4.69, 9.17) is 9.26 Å². The Morgan fingerprint density at radius 3 is 2.86 bits per heavy atom. The molecule has 4 heterocycles. The minimum atomic E-state index is -0.474. The van der Waals surface area contributed by atoms with Gasteiger partial charge in [0.15, 0.2) is 28.2 Å². The van der Waals surface area contributed by atoms with Crippen molar-refractivity contribution >= 4 is 16.3 Å². The summed E-state index contributed by atoms with van der Waals surface area (Å²) >= 11 is 1.32. The molecule has 0 saturated heterocycles. The Kier molecular flexibility index (Phi) is 3.83. The average molecular weight is 394 g/mol. The summed E-state index contributed by atoms with van der Waals surface area (Å²) in [7, 11) is 1.41. The number of benzene rings is 1. The van der Waals surface area contributed by atoms with Gasteiger partial charge in [0.1, 0.15) is 5.69 Å². The molecule has 0 N–H and O–H groups in total. The van der Waals surface area contributed by atoms with E-state index in [0.29, 0.717) is 32.8 Å². The van der Waals surface area contributed by atoms with E-state index in [1.54, 1.807) is 29.0 Å². The zero-order valence-electron chi connectivity index (χ0n) is 14.4. The zero-order valence-corrected chi connectivity index (χ0v) is 15.2. The Morgan fingerprint density at radius 2 is 2.07 bits per heavy atom. The molecule has 1 aromatic carbocycles. The second-order valence-electron chi connectivity index (χ2n) is 5.79. The fraction of sp³-hybridized carbons (Fsp3) is 0.0556. The molecule has 0 aliphatic carbocycles. The maximum Gasteiger partial charge on any atom is 0.235 e. The number of hydrogen-bond donors (Lipinski definition) is 0. The van der Waals surface area contributed by atoms with Gasteiger partial charge in [0, 0.05) is 29.6 Å². The van der Waals surface area contributed by atoms with E-state index in [1.165, 1.54) is 30.6 Å². The summed E-state index contributed by atoms with van der Waals surface area (Å²) in [6, 6.07) is 9.98. The van der Waals surface area contributed by atoms with Crippen molar-refractivity contribution in [3.05, 3.63) is 54.6 Å². The number of halogens is 1. The molecular weight excluding hydrogens is 383 g/mol. The van der Waals surface area contributed by atoms with Crippen LogP contribution in [0.5, 0.6) is 5.75 Å². The quantitative estimate of drug-likeness (QED) is 0.459. The van der Waals surface area contributed by atoms with Crippen LogP contribution in [0.3, 0.4) is 0 Å². The van der Waals surface area contributed by atoms with Gasteiger partial charge < -0.3 is 9.26 Å². The van der Waals surface area contributed by atoms with Crippen molar-refractivity contribution in [2.24, 2.45) is 0 Å². The summed E-state index contributed by atoms with van der Waals surface area (Å²) in [4.78, 5) is 4.72. The summed E-state index contributed by atoms with van der Waals surface area (Å²) in [5.41, 5.74) is 1.89. The van der Waals surface area contributed by atoms with Gasteiger partial charge in [-0.15, -0.1) is 10.2 Å². The molecule has 4 aromatic heterocycles. The van der Waals surface area contributed by atoms with Gasteiger partial charge >= 0.3 is 0 Å². The fourth-order valence-electron chi connectivity index (χ4n) is 2.73. The molecule has 0 aliphatic heterocycles. The molecule has 8 nitrogen and oxygen atoms in total. The number of nitrogens with zero attached hydrogens (tertiary/aromatic N) is 6. The van der Waals surface area contributed by atoms with E-state index in [0.717, 1.165) is 5.56 Å². The Morgan fingerprint density at radius 1 is 1.14 bits per heavy atom. The third-order valence-electron chi connectivity index (χ3n) is 4.08. The third-order valence-corrected chi connectivity index (χ3v) is 5.00. The summed E-state index contributed by atoms with van der Waals surface area (Å²) in [6.45, 7) is 0. The summed E-state index contributed by atoms with van der Waals surface area (Å²) in [5, 5.41) is 17.5. The maximum atomic E-state index is 13.9. The first-order valence-corrected chi connectivity index (χ1v) is 8.98. The van der Waals surface area contributed by atoms with Crippen LogP contribution in [0.1, 0.15) is 0 Å². The highest BCUT2D eigenvalue weighted by molar-refractivity contribution is 7.19. The van der Waals surface area contributed by atoms with Crippen molar-refractivity contribution < 1.29 is 13.7 Å². The standard InChI is InChI=1S/C18H11FN6O2S/c1-26-14-5-4-10(7-12(14)19)15-8-13(24-27-15)17-23-25-16(21-22-18(25)28-17)11-3-2-6-20-9-11/h2-9H,1H3. The molecule has 0 atom stereocenters. The molecule has 0 amide bonds. The number of hydrogen-bond acceptors (Lipinski definition) is 8. The van der Waals surface area contributed by atoms with Crippen LogP contribution in [0.4, 0.5) is 4.39 Å². The Balaban J connectivity index is 1.52. The molecule has 0 bridgehead atoms. The maximum absolute atomic E-state index is 13.9. The number of fused-ring (bicyclic) bond motifs is 1. The summed E-state index contributed by atoms with van der Waals surface area (Å²) in [6.07, 6.45) is 3.38. The van der Waals surface area contributed by atoms with Gasteiger partial charge in [-0.05, 0) is 30.3 Å². The van der Waals surface area contributed by atoms with Gasteiger partial charge in [0.2, 0.25) is 4.96 Å². The van der Waals surface area contributed by atoms with Gasteiger partial charge in [-0.2, -0.15) is 9.61 Å². The van der Waals surface area contributed by atoms with Gasteiger partial charge in [-0.3, -0.25) is 4.98 Å². The van der Waals surface area contributed by atoms with Crippen LogP contribution in [0.25, 0.3) is 38.4 Å². The van der Waals surface area contributed by atoms with Crippen molar-refractivity contribution in [2.75, 3.05) is 7.11 Å². The van der Waals surface area contributed by atoms with Crippen LogP contribution in [0.15, 0.2) is 53.3 Å². The van der Waals surface area contributed by atoms with E-state index >= 15 is 0 Å². The second-order valence-corrected chi connectivity index (χ2v) is 6.75. The minimum Gasteiger partial charge on any atom is -0.494 e. The number of aromatic nitrogens is 6. The highest BCUT2D eigenvalue weighted by Gasteiger charge is 2.18. The largest absolute Gasteiger partial charge is 0.494 e. The highest BCUT2D eigenvalue weighted by atomic mass is 32.1. The molecule has 0 unspecified atom stereocenters. The molecule has 0 aliphatic rings. The van der Waals surface area contributed by atoms with Crippen LogP contribution in [-0.4, -0.2) is 37.1 Å². The molecule has 28 heavy (non-hydrogen) atoms. The molecule has 0 saturated carbocycles. The van der Waals surface area contributed by atoms with Crippen LogP contribution in [-0.2, 0) is 0 Å². The lowest BCUT2D eigenvalue weighted by molar-refractivity contribution is 0.386. The predicted molar refractivity (Wildman–Crippen MR) is 99.3 cm³/mol. The summed E-state index contributed by atoms with van der Waals surface area (Å²) in [5.74, 6) is 0.708. The first-order chi connectivity index (χ1) is 13.7. The molecule has 138 valence electrons. The lowest BCUT2D eigenvalue weighted by Crippen LogP contribution is -1.91. The Bertz CT molecular complexity index is 1280. The SMILES string of the molecule is COc1ccc(-c2cc(-c3nn4c(-c5cccnc5)nnc4s3)no2)cc1F. The third kappa shape index (κ3) is 2.70. The van der Waals surface area contributed by atoms with Gasteiger partial charge in [0.25, 0.3) is 0 Å². The number of rotatable bonds is 4. The molecule has 0 spiro atoms. The van der Waals surface area contributed by atoms with Crippen molar-refractivity contribution in [1.29, 1.82) is 0 Å². The van der Waals surface area contributed by atoms with E-state index in [9.17, 15) is 4.39 Å². The first-order valence-electron chi connectivity index (χ1n) is 8.16. The van der Waals surface area contributed by atoms with E-state index in [1.807, 2.05) is 12.1 Å². The Labute approximate surface area is 161 Å². The molecule has 0 radical (unpaired) electrons. The molecule has 5 rings (SSSR count). The molecule has 0 fully saturated rings. The van der Waals surface area contributed by atoms with Crippen LogP contribution >= 0.6 is 11.3 Å². The topological polar surface area (TPSA) is 91.2 Å². The second kappa shape index (κ2) is 6.50. The lowest BCUT2D eigenvalue weighted by Gasteiger charge is -2.02. The molecule has 10 heteroatoms. The normalized spacial score (nSPS) is 11.2. The van der Waals surface area contributed by atoms with Crippen molar-refractivity contribution in [2.45, 2.75) is 0 Å². The predicted octanol–water partition coefficient (Wildman–Crippen LogP) is 3.72. The van der Waals surface area contributed by atoms with E-state index in [2.05, 4.69) is 25.4 Å². The smallest absolute Gasteiger partial charge is 0.235 e.